The Hall–Kier alpha value is -1.30. The Labute approximate surface area is 106 Å². The zero-order chi connectivity index (χ0) is 12.4. The molecule has 3 N–H and O–H groups in total. The molecule has 18 heavy (non-hydrogen) atoms. The molecule has 0 amide bonds. The van der Waals surface area contributed by atoms with Gasteiger partial charge in [0.2, 0.25) is 0 Å². The van der Waals surface area contributed by atoms with Gasteiger partial charge in [0.1, 0.15) is 13.2 Å². The van der Waals surface area contributed by atoms with Crippen LogP contribution in [0.5, 0.6) is 11.5 Å². The third kappa shape index (κ3) is 2.16. The van der Waals surface area contributed by atoms with Gasteiger partial charge in [-0.2, -0.15) is 0 Å². The number of hydrogen-bond donors (Lipinski definition) is 2. The van der Waals surface area contributed by atoms with Crippen LogP contribution in [0.2, 0.25) is 0 Å². The molecule has 0 bridgehead atoms. The highest BCUT2D eigenvalue weighted by Gasteiger charge is 2.27. The lowest BCUT2D eigenvalue weighted by Crippen LogP contribution is -2.34. The number of hydrazine groups is 1. The molecular formula is C13H18N2O3. The van der Waals surface area contributed by atoms with Crippen molar-refractivity contribution in [3.05, 3.63) is 23.8 Å². The van der Waals surface area contributed by atoms with E-state index >= 15 is 0 Å². The maximum atomic E-state index is 5.68. The van der Waals surface area contributed by atoms with E-state index in [1.54, 1.807) is 0 Å². The van der Waals surface area contributed by atoms with Gasteiger partial charge >= 0.3 is 0 Å². The van der Waals surface area contributed by atoms with Crippen LogP contribution in [-0.2, 0) is 4.74 Å². The third-order valence-corrected chi connectivity index (χ3v) is 3.54. The number of benzene rings is 1. The van der Waals surface area contributed by atoms with Gasteiger partial charge in [0.25, 0.3) is 0 Å². The quantitative estimate of drug-likeness (QED) is 0.619. The summed E-state index contributed by atoms with van der Waals surface area (Å²) in [4.78, 5) is 0. The minimum atomic E-state index is 0.100. The lowest BCUT2D eigenvalue weighted by Gasteiger charge is -2.24. The fraction of sp³-hybridized carbons (Fsp3) is 0.538. The predicted octanol–water partition coefficient (Wildman–Crippen LogP) is 0.999. The van der Waals surface area contributed by atoms with Crippen LogP contribution in [-0.4, -0.2) is 26.4 Å². The van der Waals surface area contributed by atoms with Crippen molar-refractivity contribution < 1.29 is 14.2 Å². The SMILES string of the molecule is NNC(c1ccc2c(c1)OCCO2)C1CCOC1. The Balaban J connectivity index is 1.85. The summed E-state index contributed by atoms with van der Waals surface area (Å²) in [6.45, 7) is 2.78. The number of rotatable bonds is 3. The first kappa shape index (κ1) is 11.8. The van der Waals surface area contributed by atoms with Gasteiger partial charge in [-0.3, -0.25) is 11.3 Å². The van der Waals surface area contributed by atoms with Crippen LogP contribution in [0.1, 0.15) is 18.0 Å². The standard InChI is InChI=1S/C13H18N2O3/c14-15-13(10-3-4-16-8-10)9-1-2-11-12(7-9)18-6-5-17-11/h1-2,7,10,13,15H,3-6,8,14H2. The molecule has 0 spiro atoms. The zero-order valence-corrected chi connectivity index (χ0v) is 10.2. The van der Waals surface area contributed by atoms with Crippen LogP contribution in [0.3, 0.4) is 0 Å². The summed E-state index contributed by atoms with van der Waals surface area (Å²) in [5.74, 6) is 7.71. The summed E-state index contributed by atoms with van der Waals surface area (Å²) in [7, 11) is 0. The molecule has 5 nitrogen and oxygen atoms in total. The minimum absolute atomic E-state index is 0.100. The molecule has 2 heterocycles. The molecule has 1 saturated heterocycles. The van der Waals surface area contributed by atoms with Crippen LogP contribution in [0.4, 0.5) is 0 Å². The normalized spacial score (nSPS) is 23.9. The monoisotopic (exact) mass is 250 g/mol. The molecule has 0 saturated carbocycles. The molecular weight excluding hydrogens is 232 g/mol. The number of hydrogen-bond acceptors (Lipinski definition) is 5. The highest BCUT2D eigenvalue weighted by atomic mass is 16.6. The summed E-state index contributed by atoms with van der Waals surface area (Å²) in [6, 6.07) is 6.10. The molecule has 0 aromatic heterocycles. The van der Waals surface area contributed by atoms with Crippen molar-refractivity contribution in [2.45, 2.75) is 12.5 Å². The van der Waals surface area contributed by atoms with Gasteiger partial charge in [0, 0.05) is 12.5 Å². The van der Waals surface area contributed by atoms with Gasteiger partial charge in [-0.25, -0.2) is 0 Å². The fourth-order valence-electron chi connectivity index (χ4n) is 2.57. The lowest BCUT2D eigenvalue weighted by atomic mass is 9.92. The molecule has 2 unspecified atom stereocenters. The van der Waals surface area contributed by atoms with E-state index in [1.807, 2.05) is 18.2 Å². The summed E-state index contributed by atoms with van der Waals surface area (Å²) in [5, 5.41) is 0. The second-order valence-electron chi connectivity index (χ2n) is 4.67. The Bertz CT molecular complexity index is 419. The molecule has 5 heteroatoms. The van der Waals surface area contributed by atoms with Crippen LogP contribution in [0.25, 0.3) is 0 Å². The van der Waals surface area contributed by atoms with E-state index in [4.69, 9.17) is 20.1 Å². The molecule has 0 radical (unpaired) electrons. The first-order chi connectivity index (χ1) is 8.88. The van der Waals surface area contributed by atoms with Crippen LogP contribution in [0.15, 0.2) is 18.2 Å². The van der Waals surface area contributed by atoms with E-state index in [-0.39, 0.29) is 6.04 Å². The molecule has 0 aliphatic carbocycles. The van der Waals surface area contributed by atoms with Gasteiger partial charge in [-0.05, 0) is 24.1 Å². The molecule has 2 atom stereocenters. The smallest absolute Gasteiger partial charge is 0.161 e. The van der Waals surface area contributed by atoms with Crippen molar-refractivity contribution >= 4 is 0 Å². The van der Waals surface area contributed by atoms with E-state index < -0.39 is 0 Å². The average molecular weight is 250 g/mol. The Morgan fingerprint density at radius 3 is 2.72 bits per heavy atom. The summed E-state index contributed by atoms with van der Waals surface area (Å²) in [5.41, 5.74) is 4.01. The number of nitrogens with one attached hydrogen (secondary N) is 1. The maximum absolute atomic E-state index is 5.68. The topological polar surface area (TPSA) is 65.7 Å². The predicted molar refractivity (Wildman–Crippen MR) is 66.4 cm³/mol. The highest BCUT2D eigenvalue weighted by molar-refractivity contribution is 5.44. The average Bonchev–Trinajstić information content (AvgIpc) is 2.93. The van der Waals surface area contributed by atoms with Crippen molar-refractivity contribution in [3.8, 4) is 11.5 Å². The molecule has 1 fully saturated rings. The van der Waals surface area contributed by atoms with E-state index in [0.29, 0.717) is 19.1 Å². The first-order valence-electron chi connectivity index (χ1n) is 6.32. The van der Waals surface area contributed by atoms with Crippen LogP contribution >= 0.6 is 0 Å². The third-order valence-electron chi connectivity index (χ3n) is 3.54. The van der Waals surface area contributed by atoms with Gasteiger partial charge in [-0.1, -0.05) is 6.07 Å². The Morgan fingerprint density at radius 1 is 1.17 bits per heavy atom. The summed E-state index contributed by atoms with van der Waals surface area (Å²) < 4.78 is 16.5. The molecule has 1 aromatic carbocycles. The van der Waals surface area contributed by atoms with E-state index in [9.17, 15) is 0 Å². The number of fused-ring (bicyclic) bond motifs is 1. The van der Waals surface area contributed by atoms with Gasteiger partial charge in [0.05, 0.1) is 12.6 Å². The lowest BCUT2D eigenvalue weighted by molar-refractivity contribution is 0.169. The van der Waals surface area contributed by atoms with Crippen LogP contribution < -0.4 is 20.7 Å². The van der Waals surface area contributed by atoms with Crippen molar-refractivity contribution in [2.75, 3.05) is 26.4 Å². The molecule has 3 rings (SSSR count). The maximum Gasteiger partial charge on any atom is 0.161 e. The second kappa shape index (κ2) is 5.14. The van der Waals surface area contributed by atoms with Crippen molar-refractivity contribution in [3.63, 3.8) is 0 Å². The van der Waals surface area contributed by atoms with E-state index in [2.05, 4.69) is 5.43 Å². The molecule has 1 aromatic rings. The minimum Gasteiger partial charge on any atom is -0.486 e. The molecule has 2 aliphatic heterocycles. The van der Waals surface area contributed by atoms with E-state index in [1.165, 1.54) is 0 Å². The van der Waals surface area contributed by atoms with Gasteiger partial charge in [0.15, 0.2) is 11.5 Å². The first-order valence-corrected chi connectivity index (χ1v) is 6.32. The van der Waals surface area contributed by atoms with Gasteiger partial charge in [-0.15, -0.1) is 0 Å². The molecule has 2 aliphatic rings. The van der Waals surface area contributed by atoms with E-state index in [0.717, 1.165) is 36.7 Å². The Kier molecular flexibility index (Phi) is 3.36. The van der Waals surface area contributed by atoms with Crippen molar-refractivity contribution in [1.29, 1.82) is 0 Å². The number of nitrogens with two attached hydrogens (primary N) is 1. The fourth-order valence-corrected chi connectivity index (χ4v) is 2.57. The molecule has 98 valence electrons. The van der Waals surface area contributed by atoms with Crippen molar-refractivity contribution in [1.82, 2.24) is 5.43 Å². The second-order valence-corrected chi connectivity index (χ2v) is 4.67. The highest BCUT2D eigenvalue weighted by Crippen LogP contribution is 2.35. The van der Waals surface area contributed by atoms with Crippen molar-refractivity contribution in [2.24, 2.45) is 11.8 Å². The zero-order valence-electron chi connectivity index (χ0n) is 10.2. The summed E-state index contributed by atoms with van der Waals surface area (Å²) in [6.07, 6.45) is 1.03. The summed E-state index contributed by atoms with van der Waals surface area (Å²) >= 11 is 0. The largest absolute Gasteiger partial charge is 0.486 e. The van der Waals surface area contributed by atoms with Crippen LogP contribution in [0, 0.1) is 5.92 Å². The Morgan fingerprint density at radius 2 is 2.00 bits per heavy atom. The number of ether oxygens (including phenoxy) is 3. The van der Waals surface area contributed by atoms with Gasteiger partial charge < -0.3 is 14.2 Å².